The van der Waals surface area contributed by atoms with E-state index in [0.717, 1.165) is 31.5 Å². The lowest BCUT2D eigenvalue weighted by atomic mass is 9.98. The van der Waals surface area contributed by atoms with Gasteiger partial charge < -0.3 is 10.2 Å². The van der Waals surface area contributed by atoms with Crippen LogP contribution in [0.15, 0.2) is 11.1 Å². The molecular formula is C12H24N2O. The second-order valence-corrected chi connectivity index (χ2v) is 3.50. The molecule has 1 aliphatic rings. The summed E-state index contributed by atoms with van der Waals surface area (Å²) in [4.78, 5) is 13.7. The average molecular weight is 212 g/mol. The molecule has 1 aliphatic heterocycles. The maximum atomic E-state index is 11.5. The number of carbonyl (C=O) groups is 1. The molecule has 0 aromatic rings. The fourth-order valence-electron chi connectivity index (χ4n) is 1.73. The van der Waals surface area contributed by atoms with Crippen LogP contribution in [0.1, 0.15) is 33.6 Å². The first kappa shape index (κ1) is 14.2. The van der Waals surface area contributed by atoms with E-state index in [1.165, 1.54) is 5.57 Å². The van der Waals surface area contributed by atoms with Crippen LogP contribution in [0.5, 0.6) is 0 Å². The second-order valence-electron chi connectivity index (χ2n) is 3.50. The summed E-state index contributed by atoms with van der Waals surface area (Å²) in [5.41, 5.74) is 2.29. The molecule has 0 aromatic heterocycles. The van der Waals surface area contributed by atoms with Crippen molar-refractivity contribution in [1.29, 1.82) is 0 Å². The summed E-state index contributed by atoms with van der Waals surface area (Å²) in [5.74, 6) is 0.102. The van der Waals surface area contributed by atoms with Gasteiger partial charge in [-0.1, -0.05) is 20.8 Å². The largest absolute Gasteiger partial charge is 0.355 e. The second kappa shape index (κ2) is 7.46. The summed E-state index contributed by atoms with van der Waals surface area (Å²) in [5, 5.41) is 2.70. The van der Waals surface area contributed by atoms with Crippen LogP contribution in [0.25, 0.3) is 0 Å². The highest BCUT2D eigenvalue weighted by Gasteiger charge is 2.19. The number of likely N-dealkylation sites (N-methyl/N-ethyl adjacent to an activating group) is 2. The number of amides is 1. The zero-order chi connectivity index (χ0) is 11.8. The molecule has 1 heterocycles. The molecule has 0 bridgehead atoms. The lowest BCUT2D eigenvalue weighted by molar-refractivity contribution is -0.117. The molecule has 1 amide bonds. The van der Waals surface area contributed by atoms with E-state index in [1.54, 1.807) is 7.05 Å². The number of nitrogens with zero attached hydrogens (tertiary/aromatic N) is 1. The van der Waals surface area contributed by atoms with Crippen molar-refractivity contribution in [2.45, 2.75) is 33.6 Å². The predicted molar refractivity (Wildman–Crippen MR) is 64.8 cm³/mol. The first-order chi connectivity index (χ1) is 7.19. The monoisotopic (exact) mass is 212 g/mol. The minimum absolute atomic E-state index is 0.102. The van der Waals surface area contributed by atoms with Crippen molar-refractivity contribution in [2.24, 2.45) is 0 Å². The van der Waals surface area contributed by atoms with Crippen molar-refractivity contribution in [3.63, 3.8) is 0 Å². The van der Waals surface area contributed by atoms with Crippen molar-refractivity contribution < 1.29 is 4.79 Å². The predicted octanol–water partition coefficient (Wildman–Crippen LogP) is 1.80. The summed E-state index contributed by atoms with van der Waals surface area (Å²) < 4.78 is 0. The van der Waals surface area contributed by atoms with Crippen molar-refractivity contribution in [3.8, 4) is 0 Å². The Kier molecular flexibility index (Phi) is 7.05. The SMILES string of the molecule is CC.CCC1=C(C(=O)NC)CCN(C)C1. The molecule has 0 saturated carbocycles. The van der Waals surface area contributed by atoms with E-state index in [-0.39, 0.29) is 5.91 Å². The minimum atomic E-state index is 0.102. The van der Waals surface area contributed by atoms with Crippen molar-refractivity contribution >= 4 is 5.91 Å². The van der Waals surface area contributed by atoms with Crippen LogP contribution >= 0.6 is 0 Å². The Balaban J connectivity index is 0.000000921. The number of carbonyl (C=O) groups excluding carboxylic acids is 1. The number of hydrogen-bond acceptors (Lipinski definition) is 2. The van der Waals surface area contributed by atoms with E-state index >= 15 is 0 Å². The molecule has 0 spiro atoms. The maximum absolute atomic E-state index is 11.5. The molecule has 0 aliphatic carbocycles. The Labute approximate surface area is 93.5 Å². The molecule has 1 N–H and O–H groups in total. The lowest BCUT2D eigenvalue weighted by Crippen LogP contribution is -2.33. The van der Waals surface area contributed by atoms with E-state index in [1.807, 2.05) is 13.8 Å². The van der Waals surface area contributed by atoms with Crippen LogP contribution < -0.4 is 5.32 Å². The average Bonchev–Trinajstić information content (AvgIpc) is 2.30. The topological polar surface area (TPSA) is 32.3 Å². The van der Waals surface area contributed by atoms with Crippen LogP contribution in [-0.2, 0) is 4.79 Å². The Morgan fingerprint density at radius 3 is 2.53 bits per heavy atom. The van der Waals surface area contributed by atoms with Gasteiger partial charge in [-0.2, -0.15) is 0 Å². The van der Waals surface area contributed by atoms with Gasteiger partial charge in [0, 0.05) is 25.7 Å². The van der Waals surface area contributed by atoms with Crippen LogP contribution in [0.2, 0.25) is 0 Å². The molecule has 0 aromatic carbocycles. The molecule has 0 fully saturated rings. The first-order valence-electron chi connectivity index (χ1n) is 5.80. The number of nitrogens with one attached hydrogen (secondary N) is 1. The number of hydrogen-bond donors (Lipinski definition) is 1. The highest BCUT2D eigenvalue weighted by atomic mass is 16.1. The lowest BCUT2D eigenvalue weighted by Gasteiger charge is -2.26. The summed E-state index contributed by atoms with van der Waals surface area (Å²) in [7, 11) is 3.79. The third-order valence-electron chi connectivity index (χ3n) is 2.56. The van der Waals surface area contributed by atoms with Gasteiger partial charge in [0.25, 0.3) is 0 Å². The molecule has 88 valence electrons. The van der Waals surface area contributed by atoms with Gasteiger partial charge >= 0.3 is 0 Å². The van der Waals surface area contributed by atoms with Gasteiger partial charge in [-0.25, -0.2) is 0 Å². The maximum Gasteiger partial charge on any atom is 0.246 e. The molecule has 0 radical (unpaired) electrons. The molecule has 15 heavy (non-hydrogen) atoms. The first-order valence-corrected chi connectivity index (χ1v) is 5.80. The van der Waals surface area contributed by atoms with Gasteiger partial charge in [0.05, 0.1) is 0 Å². The van der Waals surface area contributed by atoms with Crippen molar-refractivity contribution in [2.75, 3.05) is 27.2 Å². The quantitative estimate of drug-likeness (QED) is 0.757. The zero-order valence-corrected chi connectivity index (χ0v) is 10.7. The molecule has 3 heteroatoms. The zero-order valence-electron chi connectivity index (χ0n) is 10.7. The molecule has 0 unspecified atom stereocenters. The van der Waals surface area contributed by atoms with Gasteiger partial charge in [-0.05, 0) is 25.5 Å². The molecule has 1 rings (SSSR count). The molecular weight excluding hydrogens is 188 g/mol. The Morgan fingerprint density at radius 2 is 2.07 bits per heavy atom. The fourth-order valence-corrected chi connectivity index (χ4v) is 1.73. The van der Waals surface area contributed by atoms with Crippen LogP contribution in [0.4, 0.5) is 0 Å². The van der Waals surface area contributed by atoms with Gasteiger partial charge in [0.15, 0.2) is 0 Å². The Hall–Kier alpha value is -0.830. The third kappa shape index (κ3) is 4.04. The van der Waals surface area contributed by atoms with Crippen molar-refractivity contribution in [3.05, 3.63) is 11.1 Å². The van der Waals surface area contributed by atoms with Crippen LogP contribution in [0.3, 0.4) is 0 Å². The van der Waals surface area contributed by atoms with Gasteiger partial charge in [0.1, 0.15) is 0 Å². The number of rotatable bonds is 2. The summed E-state index contributed by atoms with van der Waals surface area (Å²) in [6, 6.07) is 0. The van der Waals surface area contributed by atoms with Crippen LogP contribution in [0, 0.1) is 0 Å². The van der Waals surface area contributed by atoms with Gasteiger partial charge in [-0.15, -0.1) is 0 Å². The van der Waals surface area contributed by atoms with Gasteiger partial charge in [-0.3, -0.25) is 4.79 Å². The summed E-state index contributed by atoms with van der Waals surface area (Å²) in [6.45, 7) is 8.04. The van der Waals surface area contributed by atoms with E-state index in [0.29, 0.717) is 0 Å². The van der Waals surface area contributed by atoms with E-state index in [2.05, 4.69) is 24.2 Å². The van der Waals surface area contributed by atoms with E-state index < -0.39 is 0 Å². The smallest absolute Gasteiger partial charge is 0.246 e. The molecule has 0 saturated heterocycles. The summed E-state index contributed by atoms with van der Waals surface area (Å²) in [6.07, 6.45) is 1.87. The highest BCUT2D eigenvalue weighted by molar-refractivity contribution is 5.94. The Morgan fingerprint density at radius 1 is 1.47 bits per heavy atom. The normalized spacial score (nSPS) is 16.9. The standard InChI is InChI=1S/C10H18N2O.C2H6/c1-4-8-7-12(3)6-5-9(8)10(13)11-2;1-2/h4-7H2,1-3H3,(H,11,13);1-2H3. The minimum Gasteiger partial charge on any atom is -0.355 e. The van der Waals surface area contributed by atoms with E-state index in [4.69, 9.17) is 0 Å². The third-order valence-corrected chi connectivity index (χ3v) is 2.56. The van der Waals surface area contributed by atoms with Gasteiger partial charge in [0.2, 0.25) is 5.91 Å². The fraction of sp³-hybridized carbons (Fsp3) is 0.750. The Bertz CT molecular complexity index is 234. The highest BCUT2D eigenvalue weighted by Crippen LogP contribution is 2.19. The van der Waals surface area contributed by atoms with Crippen molar-refractivity contribution in [1.82, 2.24) is 10.2 Å². The van der Waals surface area contributed by atoms with E-state index in [9.17, 15) is 4.79 Å². The van der Waals surface area contributed by atoms with Crippen LogP contribution in [-0.4, -0.2) is 38.0 Å². The summed E-state index contributed by atoms with van der Waals surface area (Å²) >= 11 is 0. The molecule has 3 nitrogen and oxygen atoms in total. The molecule has 0 atom stereocenters.